The van der Waals surface area contributed by atoms with Gasteiger partial charge in [-0.05, 0) is 60.5 Å². The van der Waals surface area contributed by atoms with Gasteiger partial charge < -0.3 is 10.2 Å². The highest BCUT2D eigenvalue weighted by Gasteiger charge is 2.42. The van der Waals surface area contributed by atoms with Crippen LogP contribution in [0.3, 0.4) is 0 Å². The Bertz CT molecular complexity index is 1140. The highest BCUT2D eigenvalue weighted by atomic mass is 35.5. The largest absolute Gasteiger partial charge is 0.336 e. The second kappa shape index (κ2) is 11.3. The molecule has 1 N–H and O–H groups in total. The molecule has 1 aliphatic heterocycles. The normalized spacial score (nSPS) is 15.6. The molecule has 1 heterocycles. The molecule has 0 radical (unpaired) electrons. The first kappa shape index (κ1) is 23.9. The standard InChI is InChI=1S/C27H26ClN3O2S/c28-22-13-15-23(16-14-22)29-25(32)18-24-26(33)31(19-21-10-5-2-6-11-21)27(34)30(24)17-7-12-20-8-3-1-4-9-20/h1-6,8-11,13-16,24H,7,12,17-19H2,(H,29,32)/t24-/m0/s1. The maximum Gasteiger partial charge on any atom is 0.252 e. The molecular weight excluding hydrogens is 466 g/mol. The van der Waals surface area contributed by atoms with Gasteiger partial charge in [-0.1, -0.05) is 72.3 Å². The summed E-state index contributed by atoms with van der Waals surface area (Å²) in [4.78, 5) is 29.7. The second-order valence-corrected chi connectivity index (χ2v) is 9.05. The number of carbonyl (C=O) groups excluding carboxylic acids is 2. The number of anilines is 1. The summed E-state index contributed by atoms with van der Waals surface area (Å²) in [5, 5.41) is 3.93. The number of halogens is 1. The van der Waals surface area contributed by atoms with Crippen molar-refractivity contribution >= 4 is 46.4 Å². The first-order valence-corrected chi connectivity index (χ1v) is 12.0. The molecule has 1 saturated heterocycles. The van der Waals surface area contributed by atoms with Gasteiger partial charge in [0.25, 0.3) is 5.91 Å². The van der Waals surface area contributed by atoms with E-state index in [2.05, 4.69) is 17.4 Å². The third kappa shape index (κ3) is 6.01. The van der Waals surface area contributed by atoms with Crippen molar-refractivity contribution in [2.24, 2.45) is 0 Å². The summed E-state index contributed by atoms with van der Waals surface area (Å²) in [6, 6.07) is 26.2. The summed E-state index contributed by atoms with van der Waals surface area (Å²) >= 11 is 11.7. The van der Waals surface area contributed by atoms with Crippen LogP contribution in [-0.2, 0) is 22.6 Å². The number of nitrogens with one attached hydrogen (secondary N) is 1. The minimum absolute atomic E-state index is 0.0260. The Morgan fingerprint density at radius 1 is 0.912 bits per heavy atom. The zero-order valence-electron chi connectivity index (χ0n) is 18.7. The van der Waals surface area contributed by atoms with Crippen LogP contribution < -0.4 is 5.32 Å². The van der Waals surface area contributed by atoms with Crippen LogP contribution in [0.15, 0.2) is 84.9 Å². The van der Waals surface area contributed by atoms with Crippen LogP contribution in [0.4, 0.5) is 5.69 Å². The van der Waals surface area contributed by atoms with Crippen molar-refractivity contribution in [1.29, 1.82) is 0 Å². The molecule has 0 aliphatic carbocycles. The molecule has 174 valence electrons. The highest BCUT2D eigenvalue weighted by Crippen LogP contribution is 2.24. The van der Waals surface area contributed by atoms with Gasteiger partial charge in [-0.15, -0.1) is 0 Å². The van der Waals surface area contributed by atoms with Gasteiger partial charge in [0.05, 0.1) is 13.0 Å². The Labute approximate surface area is 210 Å². The molecular formula is C27H26ClN3O2S. The minimum Gasteiger partial charge on any atom is -0.336 e. The Hall–Kier alpha value is -3.22. The quantitative estimate of drug-likeness (QED) is 0.413. The van der Waals surface area contributed by atoms with Crippen molar-refractivity contribution in [3.63, 3.8) is 0 Å². The van der Waals surface area contributed by atoms with E-state index in [-0.39, 0.29) is 18.2 Å². The molecule has 34 heavy (non-hydrogen) atoms. The highest BCUT2D eigenvalue weighted by molar-refractivity contribution is 7.80. The molecule has 3 aromatic rings. The van der Waals surface area contributed by atoms with Crippen LogP contribution in [0.2, 0.25) is 5.02 Å². The number of thiocarbonyl (C=S) groups is 1. The van der Waals surface area contributed by atoms with Crippen molar-refractivity contribution in [3.8, 4) is 0 Å². The van der Waals surface area contributed by atoms with Gasteiger partial charge in [0, 0.05) is 17.3 Å². The van der Waals surface area contributed by atoms with Gasteiger partial charge in [0.1, 0.15) is 6.04 Å². The summed E-state index contributed by atoms with van der Waals surface area (Å²) in [7, 11) is 0. The number of nitrogens with zero attached hydrogens (tertiary/aromatic N) is 2. The van der Waals surface area contributed by atoms with Gasteiger partial charge in [0.15, 0.2) is 5.11 Å². The number of hydrogen-bond donors (Lipinski definition) is 1. The zero-order chi connectivity index (χ0) is 23.9. The summed E-state index contributed by atoms with van der Waals surface area (Å²) in [5.74, 6) is -0.377. The van der Waals surface area contributed by atoms with Crippen LogP contribution in [-0.4, -0.2) is 39.3 Å². The molecule has 0 saturated carbocycles. The second-order valence-electron chi connectivity index (χ2n) is 8.25. The third-order valence-electron chi connectivity index (χ3n) is 5.80. The van der Waals surface area contributed by atoms with E-state index in [4.69, 9.17) is 23.8 Å². The fourth-order valence-corrected chi connectivity index (χ4v) is 4.57. The Balaban J connectivity index is 1.47. The van der Waals surface area contributed by atoms with Crippen molar-refractivity contribution in [3.05, 3.63) is 101 Å². The molecule has 1 fully saturated rings. The smallest absolute Gasteiger partial charge is 0.252 e. The first-order valence-electron chi connectivity index (χ1n) is 11.3. The number of aryl methyl sites for hydroxylation is 1. The van der Waals surface area contributed by atoms with Crippen molar-refractivity contribution in [2.45, 2.75) is 31.8 Å². The van der Waals surface area contributed by atoms with Gasteiger partial charge in [-0.2, -0.15) is 0 Å². The predicted octanol–water partition coefficient (Wildman–Crippen LogP) is 5.30. The Morgan fingerprint density at radius 2 is 1.53 bits per heavy atom. The van der Waals surface area contributed by atoms with E-state index in [1.54, 1.807) is 29.2 Å². The average Bonchev–Trinajstić information content (AvgIpc) is 3.06. The lowest BCUT2D eigenvalue weighted by atomic mass is 10.1. The lowest BCUT2D eigenvalue weighted by molar-refractivity contribution is -0.131. The monoisotopic (exact) mass is 491 g/mol. The number of benzene rings is 3. The maximum atomic E-state index is 13.4. The molecule has 0 spiro atoms. The Morgan fingerprint density at radius 3 is 2.18 bits per heavy atom. The minimum atomic E-state index is -0.626. The summed E-state index contributed by atoms with van der Waals surface area (Å²) < 4.78 is 0. The fourth-order valence-electron chi connectivity index (χ4n) is 4.08. The van der Waals surface area contributed by atoms with Gasteiger partial charge in [0.2, 0.25) is 5.91 Å². The fraction of sp³-hybridized carbons (Fsp3) is 0.222. The molecule has 0 bridgehead atoms. The van der Waals surface area contributed by atoms with Crippen molar-refractivity contribution in [1.82, 2.24) is 9.80 Å². The molecule has 1 aliphatic rings. The van der Waals surface area contributed by atoms with Crippen molar-refractivity contribution < 1.29 is 9.59 Å². The van der Waals surface area contributed by atoms with Crippen LogP contribution in [0, 0.1) is 0 Å². The van der Waals surface area contributed by atoms with E-state index in [0.717, 1.165) is 18.4 Å². The summed E-state index contributed by atoms with van der Waals surface area (Å²) in [6.07, 6.45) is 1.72. The molecule has 3 aromatic carbocycles. The van der Waals surface area contributed by atoms with Gasteiger partial charge in [-0.25, -0.2) is 0 Å². The molecule has 2 amide bonds. The zero-order valence-corrected chi connectivity index (χ0v) is 20.3. The van der Waals surface area contributed by atoms with E-state index in [1.165, 1.54) is 5.56 Å². The summed E-state index contributed by atoms with van der Waals surface area (Å²) in [6.45, 7) is 0.993. The third-order valence-corrected chi connectivity index (χ3v) is 6.51. The molecule has 0 unspecified atom stereocenters. The van der Waals surface area contributed by atoms with E-state index in [1.807, 2.05) is 53.4 Å². The lowest BCUT2D eigenvalue weighted by Gasteiger charge is -2.24. The number of carbonyl (C=O) groups is 2. The average molecular weight is 492 g/mol. The molecule has 0 aromatic heterocycles. The van der Waals surface area contributed by atoms with E-state index < -0.39 is 6.04 Å². The first-order chi connectivity index (χ1) is 16.5. The number of rotatable bonds is 9. The van der Waals surface area contributed by atoms with Crippen LogP contribution in [0.25, 0.3) is 0 Å². The van der Waals surface area contributed by atoms with E-state index in [9.17, 15) is 9.59 Å². The number of hydrogen-bond acceptors (Lipinski definition) is 3. The van der Waals surface area contributed by atoms with Gasteiger partial charge in [-0.3, -0.25) is 14.5 Å². The molecule has 4 rings (SSSR count). The number of amides is 2. The van der Waals surface area contributed by atoms with Crippen LogP contribution in [0.5, 0.6) is 0 Å². The predicted molar refractivity (Wildman–Crippen MR) is 140 cm³/mol. The Kier molecular flexibility index (Phi) is 7.93. The van der Waals surface area contributed by atoms with Gasteiger partial charge >= 0.3 is 0 Å². The van der Waals surface area contributed by atoms with E-state index in [0.29, 0.717) is 28.9 Å². The maximum absolute atomic E-state index is 13.4. The summed E-state index contributed by atoms with van der Waals surface area (Å²) in [5.41, 5.74) is 2.87. The van der Waals surface area contributed by atoms with Crippen LogP contribution >= 0.6 is 23.8 Å². The van der Waals surface area contributed by atoms with E-state index >= 15 is 0 Å². The van der Waals surface area contributed by atoms with Crippen molar-refractivity contribution in [2.75, 3.05) is 11.9 Å². The molecule has 1 atom stereocenters. The SMILES string of the molecule is O=C(C[C@H]1C(=O)N(Cc2ccccc2)C(=S)N1CCCc1ccccc1)Nc1ccc(Cl)cc1. The lowest BCUT2D eigenvalue weighted by Crippen LogP contribution is -2.38. The molecule has 5 nitrogen and oxygen atoms in total. The van der Waals surface area contributed by atoms with Crippen LogP contribution in [0.1, 0.15) is 24.0 Å². The topological polar surface area (TPSA) is 52.7 Å². The molecule has 7 heteroatoms.